The van der Waals surface area contributed by atoms with Crippen LogP contribution in [0.15, 0.2) is 6.07 Å². The molecule has 17 heavy (non-hydrogen) atoms. The summed E-state index contributed by atoms with van der Waals surface area (Å²) >= 11 is 0. The zero-order valence-corrected chi connectivity index (χ0v) is 10.1. The van der Waals surface area contributed by atoms with Crippen molar-refractivity contribution >= 4 is 23.5 Å². The van der Waals surface area contributed by atoms with Crippen LogP contribution in [0, 0.1) is 0 Å². The number of rotatable bonds is 5. The maximum atomic E-state index is 11.7. The monoisotopic (exact) mass is 238 g/mol. The number of aromatic nitrogens is 2. The fourth-order valence-electron chi connectivity index (χ4n) is 1.43. The van der Waals surface area contributed by atoms with E-state index >= 15 is 0 Å². The van der Waals surface area contributed by atoms with Gasteiger partial charge in [-0.2, -0.15) is 9.97 Å². The van der Waals surface area contributed by atoms with Crippen LogP contribution in [-0.2, 0) is 4.79 Å². The number of nitrogen functional groups attached to an aromatic ring is 2. The summed E-state index contributed by atoms with van der Waals surface area (Å²) in [6.45, 7) is 5.40. The first-order valence-electron chi connectivity index (χ1n) is 5.48. The Balaban J connectivity index is 2.58. The standard InChI is InChI=1S/C10H18N6O/c1-3-16(4-2)9(17)6-13-8-5-7(11)14-10(12)15-8/h5H,3-4,6H2,1-2H3,(H5,11,12,13,14,15). The van der Waals surface area contributed by atoms with E-state index in [-0.39, 0.29) is 24.2 Å². The minimum Gasteiger partial charge on any atom is -0.383 e. The molecule has 94 valence electrons. The normalized spacial score (nSPS) is 10.0. The predicted molar refractivity (Wildman–Crippen MR) is 67.3 cm³/mol. The quantitative estimate of drug-likeness (QED) is 0.662. The first-order valence-corrected chi connectivity index (χ1v) is 5.48. The molecule has 7 nitrogen and oxygen atoms in total. The summed E-state index contributed by atoms with van der Waals surface area (Å²) < 4.78 is 0. The molecule has 7 heteroatoms. The third-order valence-corrected chi connectivity index (χ3v) is 2.30. The summed E-state index contributed by atoms with van der Waals surface area (Å²) in [5.41, 5.74) is 11.0. The van der Waals surface area contributed by atoms with E-state index < -0.39 is 0 Å². The Morgan fingerprint density at radius 3 is 2.53 bits per heavy atom. The van der Waals surface area contributed by atoms with Crippen LogP contribution in [-0.4, -0.2) is 40.4 Å². The lowest BCUT2D eigenvalue weighted by Crippen LogP contribution is -2.35. The number of hydrogen-bond acceptors (Lipinski definition) is 6. The van der Waals surface area contributed by atoms with E-state index in [2.05, 4.69) is 15.3 Å². The molecule has 1 aromatic heterocycles. The molecule has 0 radical (unpaired) electrons. The van der Waals surface area contributed by atoms with Crippen molar-refractivity contribution < 1.29 is 4.79 Å². The summed E-state index contributed by atoms with van der Waals surface area (Å²) in [5.74, 6) is 0.819. The molecule has 0 spiro atoms. The molecule has 0 unspecified atom stereocenters. The van der Waals surface area contributed by atoms with Crippen molar-refractivity contribution in [3.05, 3.63) is 6.07 Å². The van der Waals surface area contributed by atoms with Gasteiger partial charge < -0.3 is 21.7 Å². The van der Waals surface area contributed by atoms with Gasteiger partial charge in [0.1, 0.15) is 11.6 Å². The second kappa shape index (κ2) is 5.88. The topological polar surface area (TPSA) is 110 Å². The Morgan fingerprint density at radius 2 is 2.00 bits per heavy atom. The lowest BCUT2D eigenvalue weighted by Gasteiger charge is -2.18. The number of carbonyl (C=O) groups is 1. The molecular weight excluding hydrogens is 220 g/mol. The highest BCUT2D eigenvalue weighted by atomic mass is 16.2. The molecule has 0 atom stereocenters. The Kier molecular flexibility index (Phi) is 4.50. The first kappa shape index (κ1) is 13.0. The fourth-order valence-corrected chi connectivity index (χ4v) is 1.43. The highest BCUT2D eigenvalue weighted by Gasteiger charge is 2.09. The average molecular weight is 238 g/mol. The van der Waals surface area contributed by atoms with Crippen LogP contribution in [0.1, 0.15) is 13.8 Å². The van der Waals surface area contributed by atoms with Gasteiger partial charge in [-0.1, -0.05) is 0 Å². The van der Waals surface area contributed by atoms with E-state index in [1.807, 2.05) is 13.8 Å². The van der Waals surface area contributed by atoms with Gasteiger partial charge in [0.15, 0.2) is 0 Å². The van der Waals surface area contributed by atoms with Crippen molar-refractivity contribution in [2.75, 3.05) is 36.4 Å². The van der Waals surface area contributed by atoms with Gasteiger partial charge in [-0.3, -0.25) is 4.79 Å². The second-order valence-corrected chi connectivity index (χ2v) is 3.46. The van der Waals surface area contributed by atoms with Gasteiger partial charge in [-0.05, 0) is 13.8 Å². The van der Waals surface area contributed by atoms with E-state index in [0.29, 0.717) is 18.9 Å². The van der Waals surface area contributed by atoms with Crippen LogP contribution < -0.4 is 16.8 Å². The van der Waals surface area contributed by atoms with Gasteiger partial charge in [0.25, 0.3) is 0 Å². The van der Waals surface area contributed by atoms with E-state index in [1.165, 1.54) is 6.07 Å². The molecule has 5 N–H and O–H groups in total. The number of carbonyl (C=O) groups excluding carboxylic acids is 1. The molecule has 1 amide bonds. The average Bonchev–Trinajstić information content (AvgIpc) is 2.27. The minimum absolute atomic E-state index is 0.00533. The van der Waals surface area contributed by atoms with Gasteiger partial charge in [-0.15, -0.1) is 0 Å². The van der Waals surface area contributed by atoms with E-state index in [1.54, 1.807) is 4.90 Å². The second-order valence-electron chi connectivity index (χ2n) is 3.46. The Hall–Kier alpha value is -2.05. The van der Waals surface area contributed by atoms with Crippen molar-refractivity contribution in [2.24, 2.45) is 0 Å². The number of likely N-dealkylation sites (N-methyl/N-ethyl adjacent to an activating group) is 1. The van der Waals surface area contributed by atoms with Crippen LogP contribution in [0.2, 0.25) is 0 Å². The molecule has 1 aromatic rings. The lowest BCUT2D eigenvalue weighted by molar-refractivity contribution is -0.128. The summed E-state index contributed by atoms with van der Waals surface area (Å²) in [5, 5.41) is 2.87. The van der Waals surface area contributed by atoms with E-state index in [9.17, 15) is 4.79 Å². The van der Waals surface area contributed by atoms with Gasteiger partial charge in [0.2, 0.25) is 11.9 Å². The molecule has 0 aliphatic carbocycles. The number of anilines is 3. The molecule has 0 saturated carbocycles. The predicted octanol–water partition coefficient (Wildman–Crippen LogP) is -0.0787. The molecule has 0 aliphatic rings. The fraction of sp³-hybridized carbons (Fsp3) is 0.500. The van der Waals surface area contributed by atoms with Crippen LogP contribution in [0.25, 0.3) is 0 Å². The van der Waals surface area contributed by atoms with E-state index in [0.717, 1.165) is 0 Å². The largest absolute Gasteiger partial charge is 0.383 e. The third kappa shape index (κ3) is 3.78. The summed E-state index contributed by atoms with van der Waals surface area (Å²) in [6.07, 6.45) is 0. The molecule has 1 rings (SSSR count). The van der Waals surface area contributed by atoms with Gasteiger partial charge in [0, 0.05) is 19.2 Å². The number of nitrogens with two attached hydrogens (primary N) is 2. The number of nitrogens with one attached hydrogen (secondary N) is 1. The zero-order valence-electron chi connectivity index (χ0n) is 10.1. The van der Waals surface area contributed by atoms with Gasteiger partial charge >= 0.3 is 0 Å². The molecule has 1 heterocycles. The van der Waals surface area contributed by atoms with Crippen LogP contribution in [0.4, 0.5) is 17.6 Å². The van der Waals surface area contributed by atoms with Crippen LogP contribution >= 0.6 is 0 Å². The Bertz CT molecular complexity index is 370. The smallest absolute Gasteiger partial charge is 0.241 e. The van der Waals surface area contributed by atoms with Crippen molar-refractivity contribution in [3.63, 3.8) is 0 Å². The maximum absolute atomic E-state index is 11.7. The van der Waals surface area contributed by atoms with Crippen molar-refractivity contribution in [3.8, 4) is 0 Å². The number of amides is 1. The van der Waals surface area contributed by atoms with Crippen molar-refractivity contribution in [2.45, 2.75) is 13.8 Å². The molecule has 0 bridgehead atoms. The lowest BCUT2D eigenvalue weighted by atomic mass is 10.4. The molecule has 0 aliphatic heterocycles. The van der Waals surface area contributed by atoms with Gasteiger partial charge in [0.05, 0.1) is 6.54 Å². The minimum atomic E-state index is 0.00533. The maximum Gasteiger partial charge on any atom is 0.241 e. The van der Waals surface area contributed by atoms with Crippen LogP contribution in [0.5, 0.6) is 0 Å². The number of hydrogen-bond donors (Lipinski definition) is 3. The highest BCUT2D eigenvalue weighted by molar-refractivity contribution is 5.80. The highest BCUT2D eigenvalue weighted by Crippen LogP contribution is 2.08. The zero-order chi connectivity index (χ0) is 12.8. The molecule has 0 aromatic carbocycles. The van der Waals surface area contributed by atoms with Crippen molar-refractivity contribution in [1.82, 2.24) is 14.9 Å². The summed E-state index contributed by atoms with van der Waals surface area (Å²) in [4.78, 5) is 21.1. The van der Waals surface area contributed by atoms with Crippen LogP contribution in [0.3, 0.4) is 0 Å². The first-order chi connectivity index (χ1) is 8.06. The molecular formula is C10H18N6O. The SMILES string of the molecule is CCN(CC)C(=O)CNc1cc(N)nc(N)n1. The van der Waals surface area contributed by atoms with Gasteiger partial charge in [-0.25, -0.2) is 0 Å². The number of nitrogens with zero attached hydrogens (tertiary/aromatic N) is 3. The Labute approximate surface area is 100 Å². The summed E-state index contributed by atoms with van der Waals surface area (Å²) in [6, 6.07) is 1.53. The van der Waals surface area contributed by atoms with Crippen molar-refractivity contribution in [1.29, 1.82) is 0 Å². The molecule has 0 fully saturated rings. The molecule has 0 saturated heterocycles. The summed E-state index contributed by atoms with van der Waals surface area (Å²) in [7, 11) is 0. The third-order valence-electron chi connectivity index (χ3n) is 2.30. The Morgan fingerprint density at radius 1 is 1.35 bits per heavy atom. The van der Waals surface area contributed by atoms with E-state index in [4.69, 9.17) is 11.5 Å².